The van der Waals surface area contributed by atoms with Gasteiger partial charge in [0.2, 0.25) is 0 Å². The second-order valence-corrected chi connectivity index (χ2v) is 6.80. The largest absolute Gasteiger partial charge is 0.302 e. The van der Waals surface area contributed by atoms with Gasteiger partial charge in [0.15, 0.2) is 0 Å². The standard InChI is InChI=1S/C20H22FN3/c1-23-9-6-15(7-10-23)16-4-5-17(19(21)11-16)12-24-13-18-3-2-8-22-20(18)14-24/h2-6,8,11H,7,9-10,12-14H2,1H3. The summed E-state index contributed by atoms with van der Waals surface area (Å²) in [6, 6.07) is 9.78. The van der Waals surface area contributed by atoms with Crippen LogP contribution in [0.15, 0.2) is 42.6 Å². The summed E-state index contributed by atoms with van der Waals surface area (Å²) >= 11 is 0. The lowest BCUT2D eigenvalue weighted by Gasteiger charge is -2.22. The lowest BCUT2D eigenvalue weighted by Crippen LogP contribution is -2.23. The molecule has 2 aliphatic heterocycles. The van der Waals surface area contributed by atoms with E-state index in [0.717, 1.165) is 49.4 Å². The van der Waals surface area contributed by atoms with Crippen LogP contribution in [0.1, 0.15) is 28.8 Å². The Morgan fingerprint density at radius 2 is 2.12 bits per heavy atom. The zero-order valence-corrected chi connectivity index (χ0v) is 14.0. The molecule has 0 saturated heterocycles. The molecule has 24 heavy (non-hydrogen) atoms. The first-order valence-electron chi connectivity index (χ1n) is 8.50. The second kappa shape index (κ2) is 6.46. The molecule has 2 aliphatic rings. The molecule has 3 heterocycles. The van der Waals surface area contributed by atoms with Crippen molar-refractivity contribution in [2.75, 3.05) is 20.1 Å². The molecule has 2 aromatic rings. The van der Waals surface area contributed by atoms with E-state index in [-0.39, 0.29) is 5.82 Å². The van der Waals surface area contributed by atoms with Gasteiger partial charge in [-0.3, -0.25) is 9.88 Å². The molecule has 0 saturated carbocycles. The van der Waals surface area contributed by atoms with E-state index in [4.69, 9.17) is 0 Å². The lowest BCUT2D eigenvalue weighted by molar-refractivity contribution is 0.270. The second-order valence-electron chi connectivity index (χ2n) is 6.80. The molecule has 0 radical (unpaired) electrons. The quantitative estimate of drug-likeness (QED) is 0.862. The van der Waals surface area contributed by atoms with Crippen molar-refractivity contribution in [3.63, 3.8) is 0 Å². The molecule has 0 amide bonds. The van der Waals surface area contributed by atoms with Crippen molar-refractivity contribution in [3.8, 4) is 0 Å². The van der Waals surface area contributed by atoms with E-state index in [1.165, 1.54) is 11.1 Å². The van der Waals surface area contributed by atoms with E-state index in [1.807, 2.05) is 18.3 Å². The maximum Gasteiger partial charge on any atom is 0.128 e. The van der Waals surface area contributed by atoms with Gasteiger partial charge < -0.3 is 4.90 Å². The maximum atomic E-state index is 14.6. The molecule has 124 valence electrons. The SMILES string of the molecule is CN1CC=C(c2ccc(CN3Cc4cccnc4C3)c(F)c2)CC1. The van der Waals surface area contributed by atoms with Crippen molar-refractivity contribution in [1.29, 1.82) is 0 Å². The van der Waals surface area contributed by atoms with Crippen LogP contribution in [0, 0.1) is 5.82 Å². The van der Waals surface area contributed by atoms with E-state index in [1.54, 1.807) is 6.07 Å². The highest BCUT2D eigenvalue weighted by Gasteiger charge is 2.21. The van der Waals surface area contributed by atoms with Gasteiger partial charge in [-0.05, 0) is 42.3 Å². The molecule has 0 aliphatic carbocycles. The third-order valence-corrected chi connectivity index (χ3v) is 4.98. The van der Waals surface area contributed by atoms with Gasteiger partial charge in [0.1, 0.15) is 5.82 Å². The van der Waals surface area contributed by atoms with Crippen molar-refractivity contribution in [3.05, 3.63) is 70.8 Å². The zero-order chi connectivity index (χ0) is 16.5. The minimum absolute atomic E-state index is 0.101. The van der Waals surface area contributed by atoms with Gasteiger partial charge >= 0.3 is 0 Å². The van der Waals surface area contributed by atoms with E-state index < -0.39 is 0 Å². The summed E-state index contributed by atoms with van der Waals surface area (Å²) in [6.07, 6.45) is 5.02. The zero-order valence-electron chi connectivity index (χ0n) is 14.0. The van der Waals surface area contributed by atoms with E-state index in [9.17, 15) is 4.39 Å². The van der Waals surface area contributed by atoms with Gasteiger partial charge in [-0.1, -0.05) is 24.3 Å². The van der Waals surface area contributed by atoms with E-state index in [2.05, 4.69) is 40.0 Å². The van der Waals surface area contributed by atoms with Crippen LogP contribution in [0.3, 0.4) is 0 Å². The van der Waals surface area contributed by atoms with Crippen molar-refractivity contribution in [2.24, 2.45) is 0 Å². The van der Waals surface area contributed by atoms with Gasteiger partial charge in [-0.2, -0.15) is 0 Å². The first-order valence-corrected chi connectivity index (χ1v) is 8.50. The van der Waals surface area contributed by atoms with Crippen LogP contribution in [-0.4, -0.2) is 34.9 Å². The number of hydrogen-bond acceptors (Lipinski definition) is 3. The number of fused-ring (bicyclic) bond motifs is 1. The number of hydrogen-bond donors (Lipinski definition) is 0. The van der Waals surface area contributed by atoms with Crippen LogP contribution >= 0.6 is 0 Å². The summed E-state index contributed by atoms with van der Waals surface area (Å²) in [5, 5.41) is 0. The summed E-state index contributed by atoms with van der Waals surface area (Å²) in [5.74, 6) is -0.101. The van der Waals surface area contributed by atoms with Crippen molar-refractivity contribution >= 4 is 5.57 Å². The molecule has 0 unspecified atom stereocenters. The number of aromatic nitrogens is 1. The van der Waals surface area contributed by atoms with Gasteiger partial charge in [-0.25, -0.2) is 4.39 Å². The number of halogens is 1. The Bertz CT molecular complexity index is 759. The minimum Gasteiger partial charge on any atom is -0.302 e. The Labute approximate surface area is 142 Å². The van der Waals surface area contributed by atoms with Crippen LogP contribution in [-0.2, 0) is 19.6 Å². The predicted molar refractivity (Wildman–Crippen MR) is 93.7 cm³/mol. The fourth-order valence-corrected chi connectivity index (χ4v) is 3.53. The van der Waals surface area contributed by atoms with Crippen LogP contribution < -0.4 is 0 Å². The molecule has 1 aromatic carbocycles. The average Bonchev–Trinajstić information content (AvgIpc) is 3.00. The highest BCUT2D eigenvalue weighted by atomic mass is 19.1. The summed E-state index contributed by atoms with van der Waals surface area (Å²) in [4.78, 5) is 8.92. The fraction of sp³-hybridized carbons (Fsp3) is 0.350. The molecule has 4 rings (SSSR count). The van der Waals surface area contributed by atoms with Crippen LogP contribution in [0.25, 0.3) is 5.57 Å². The first-order chi connectivity index (χ1) is 11.7. The Hall–Kier alpha value is -2.04. The minimum atomic E-state index is -0.101. The normalized spacial score (nSPS) is 18.5. The van der Waals surface area contributed by atoms with Gasteiger partial charge in [0.05, 0.1) is 5.69 Å². The number of pyridine rings is 1. The molecule has 0 bridgehead atoms. The third-order valence-electron chi connectivity index (χ3n) is 4.98. The molecule has 0 fully saturated rings. The molecule has 0 N–H and O–H groups in total. The average molecular weight is 323 g/mol. The summed E-state index contributed by atoms with van der Waals surface area (Å²) in [5.41, 5.74) is 5.42. The molecule has 4 heteroatoms. The Kier molecular flexibility index (Phi) is 4.17. The number of likely N-dealkylation sites (N-methyl/N-ethyl adjacent to an activating group) is 1. The summed E-state index contributed by atoms with van der Waals surface area (Å²) in [6.45, 7) is 4.26. The topological polar surface area (TPSA) is 19.4 Å². The lowest BCUT2D eigenvalue weighted by atomic mass is 9.98. The maximum absolute atomic E-state index is 14.6. The predicted octanol–water partition coefficient (Wildman–Crippen LogP) is 3.46. The number of nitrogens with zero attached hydrogens (tertiary/aromatic N) is 3. The molecule has 1 aromatic heterocycles. The molecule has 0 atom stereocenters. The number of benzene rings is 1. The van der Waals surface area contributed by atoms with Gasteiger partial charge in [-0.15, -0.1) is 0 Å². The van der Waals surface area contributed by atoms with Crippen LogP contribution in [0.5, 0.6) is 0 Å². The molecular formula is C20H22FN3. The molecule has 0 spiro atoms. The molecular weight excluding hydrogens is 301 g/mol. The van der Waals surface area contributed by atoms with E-state index >= 15 is 0 Å². The Balaban J connectivity index is 1.48. The van der Waals surface area contributed by atoms with Gasteiger partial charge in [0, 0.05) is 44.5 Å². The van der Waals surface area contributed by atoms with E-state index in [0.29, 0.717) is 6.54 Å². The summed E-state index contributed by atoms with van der Waals surface area (Å²) < 4.78 is 14.6. The van der Waals surface area contributed by atoms with Gasteiger partial charge in [0.25, 0.3) is 0 Å². The Morgan fingerprint density at radius 1 is 1.21 bits per heavy atom. The highest BCUT2D eigenvalue weighted by molar-refractivity contribution is 5.66. The third kappa shape index (κ3) is 3.12. The van der Waals surface area contributed by atoms with Crippen LogP contribution in [0.2, 0.25) is 0 Å². The summed E-state index contributed by atoms with van der Waals surface area (Å²) in [7, 11) is 2.11. The van der Waals surface area contributed by atoms with Crippen molar-refractivity contribution < 1.29 is 4.39 Å². The highest BCUT2D eigenvalue weighted by Crippen LogP contribution is 2.26. The molecule has 3 nitrogen and oxygen atoms in total. The van der Waals surface area contributed by atoms with Crippen molar-refractivity contribution in [2.45, 2.75) is 26.1 Å². The van der Waals surface area contributed by atoms with Crippen LogP contribution in [0.4, 0.5) is 4.39 Å². The number of rotatable bonds is 3. The smallest absolute Gasteiger partial charge is 0.128 e. The van der Waals surface area contributed by atoms with Crippen molar-refractivity contribution in [1.82, 2.24) is 14.8 Å². The monoisotopic (exact) mass is 323 g/mol. The fourth-order valence-electron chi connectivity index (χ4n) is 3.53. The Morgan fingerprint density at radius 3 is 2.88 bits per heavy atom. The first kappa shape index (κ1) is 15.5.